The lowest BCUT2D eigenvalue weighted by molar-refractivity contribution is 0.229. The first-order valence-electron chi connectivity index (χ1n) is 7.94. The van der Waals surface area contributed by atoms with Gasteiger partial charge in [-0.2, -0.15) is 5.10 Å². The van der Waals surface area contributed by atoms with Crippen LogP contribution in [0.3, 0.4) is 0 Å². The van der Waals surface area contributed by atoms with E-state index in [0.717, 1.165) is 25.3 Å². The Hall–Kier alpha value is -1.36. The summed E-state index contributed by atoms with van der Waals surface area (Å²) in [6.07, 6.45) is 6.05. The van der Waals surface area contributed by atoms with Crippen LogP contribution in [-0.4, -0.2) is 41.3 Å². The van der Waals surface area contributed by atoms with Crippen LogP contribution in [0, 0.1) is 0 Å². The Kier molecular flexibility index (Phi) is 6.90. The van der Waals surface area contributed by atoms with Crippen molar-refractivity contribution in [3.8, 4) is 11.3 Å². The molecule has 1 saturated heterocycles. The van der Waals surface area contributed by atoms with Gasteiger partial charge in [-0.1, -0.05) is 36.8 Å². The predicted molar refractivity (Wildman–Crippen MR) is 93.3 cm³/mol. The number of benzene rings is 1. The third-order valence-electron chi connectivity index (χ3n) is 4.15. The lowest BCUT2D eigenvalue weighted by Gasteiger charge is -2.26. The number of nitrogens with zero attached hydrogens (tertiary/aromatic N) is 2. The summed E-state index contributed by atoms with van der Waals surface area (Å²) < 4.78 is 0. The number of H-pyrrole nitrogens is 1. The zero-order chi connectivity index (χ0) is 14.3. The summed E-state index contributed by atoms with van der Waals surface area (Å²) in [7, 11) is 0. The fraction of sp³-hybridized carbons (Fsp3) is 0.471. The van der Waals surface area contributed by atoms with Gasteiger partial charge in [-0.25, -0.2) is 0 Å². The maximum Gasteiger partial charge on any atom is 0.0695 e. The van der Waals surface area contributed by atoms with Gasteiger partial charge in [0.05, 0.1) is 11.9 Å². The minimum Gasteiger partial charge on any atom is -0.311 e. The molecule has 120 valence electrons. The number of aromatic nitrogens is 2. The largest absolute Gasteiger partial charge is 0.311 e. The second-order valence-electron chi connectivity index (χ2n) is 5.72. The summed E-state index contributed by atoms with van der Waals surface area (Å²) in [6.45, 7) is 5.60. The van der Waals surface area contributed by atoms with Crippen molar-refractivity contribution in [2.24, 2.45) is 0 Å². The van der Waals surface area contributed by atoms with Crippen molar-refractivity contribution in [2.45, 2.75) is 25.8 Å². The molecule has 0 bridgehead atoms. The van der Waals surface area contributed by atoms with Crippen molar-refractivity contribution in [3.05, 3.63) is 42.1 Å². The predicted octanol–water partition coefficient (Wildman–Crippen LogP) is 3.07. The summed E-state index contributed by atoms with van der Waals surface area (Å²) in [5.41, 5.74) is 3.56. The summed E-state index contributed by atoms with van der Waals surface area (Å²) in [4.78, 5) is 2.56. The van der Waals surface area contributed by atoms with Gasteiger partial charge in [-0.15, -0.1) is 12.4 Å². The molecule has 0 saturated carbocycles. The molecule has 22 heavy (non-hydrogen) atoms. The third-order valence-corrected chi connectivity index (χ3v) is 4.15. The molecule has 0 aliphatic carbocycles. The number of aromatic amines is 1. The van der Waals surface area contributed by atoms with Crippen LogP contribution in [0.1, 0.15) is 24.8 Å². The Morgan fingerprint density at radius 2 is 1.86 bits per heavy atom. The smallest absolute Gasteiger partial charge is 0.0695 e. The van der Waals surface area contributed by atoms with E-state index in [1.807, 2.05) is 12.3 Å². The molecule has 0 radical (unpaired) electrons. The van der Waals surface area contributed by atoms with Gasteiger partial charge in [0.2, 0.25) is 0 Å². The van der Waals surface area contributed by atoms with Crippen LogP contribution < -0.4 is 5.32 Å². The van der Waals surface area contributed by atoms with Crippen LogP contribution in [0.15, 0.2) is 36.5 Å². The normalized spacial score (nSPS) is 15.5. The van der Waals surface area contributed by atoms with E-state index >= 15 is 0 Å². The minimum atomic E-state index is 0. The zero-order valence-electron chi connectivity index (χ0n) is 12.9. The average molecular weight is 321 g/mol. The first-order valence-corrected chi connectivity index (χ1v) is 7.94. The highest BCUT2D eigenvalue weighted by atomic mass is 35.5. The fourth-order valence-electron chi connectivity index (χ4n) is 2.94. The van der Waals surface area contributed by atoms with E-state index in [0.29, 0.717) is 0 Å². The Morgan fingerprint density at radius 3 is 2.64 bits per heavy atom. The maximum atomic E-state index is 4.19. The van der Waals surface area contributed by atoms with E-state index in [1.165, 1.54) is 43.5 Å². The number of hydrogen-bond donors (Lipinski definition) is 2. The number of hydrogen-bond acceptors (Lipinski definition) is 3. The van der Waals surface area contributed by atoms with E-state index in [9.17, 15) is 0 Å². The van der Waals surface area contributed by atoms with E-state index in [1.54, 1.807) is 0 Å². The molecular formula is C17H25ClN4. The molecule has 2 heterocycles. The zero-order valence-corrected chi connectivity index (χ0v) is 13.7. The van der Waals surface area contributed by atoms with Crippen LogP contribution >= 0.6 is 12.4 Å². The van der Waals surface area contributed by atoms with Gasteiger partial charge in [-0.3, -0.25) is 5.10 Å². The molecule has 1 aromatic heterocycles. The molecule has 5 heteroatoms. The van der Waals surface area contributed by atoms with E-state index < -0.39 is 0 Å². The minimum absolute atomic E-state index is 0. The van der Waals surface area contributed by atoms with Gasteiger partial charge in [-0.05, 0) is 31.5 Å². The van der Waals surface area contributed by atoms with Gasteiger partial charge in [0.1, 0.15) is 0 Å². The summed E-state index contributed by atoms with van der Waals surface area (Å²) in [5, 5.41) is 10.8. The SMILES string of the molecule is Cl.c1ccc(-c2[nH]ncc2CNCCN2CCCCC2)cc1. The highest BCUT2D eigenvalue weighted by Crippen LogP contribution is 2.20. The van der Waals surface area contributed by atoms with E-state index in [4.69, 9.17) is 0 Å². The van der Waals surface area contributed by atoms with Gasteiger partial charge in [0.15, 0.2) is 0 Å². The van der Waals surface area contributed by atoms with Gasteiger partial charge in [0, 0.05) is 25.2 Å². The second-order valence-corrected chi connectivity index (χ2v) is 5.72. The number of halogens is 1. The summed E-state index contributed by atoms with van der Waals surface area (Å²) >= 11 is 0. The van der Waals surface area contributed by atoms with Crippen molar-refractivity contribution in [2.75, 3.05) is 26.2 Å². The van der Waals surface area contributed by atoms with Crippen LogP contribution in [0.4, 0.5) is 0 Å². The van der Waals surface area contributed by atoms with Crippen molar-refractivity contribution in [3.63, 3.8) is 0 Å². The fourth-order valence-corrected chi connectivity index (χ4v) is 2.94. The number of rotatable bonds is 6. The Balaban J connectivity index is 0.00000176. The molecule has 1 aromatic carbocycles. The first-order chi connectivity index (χ1) is 10.4. The van der Waals surface area contributed by atoms with Crippen LogP contribution in [0.2, 0.25) is 0 Å². The van der Waals surface area contributed by atoms with Crippen molar-refractivity contribution in [1.29, 1.82) is 0 Å². The van der Waals surface area contributed by atoms with Crippen molar-refractivity contribution in [1.82, 2.24) is 20.4 Å². The molecule has 1 aliphatic heterocycles. The van der Waals surface area contributed by atoms with Crippen molar-refractivity contribution >= 4 is 12.4 Å². The van der Waals surface area contributed by atoms with Crippen molar-refractivity contribution < 1.29 is 0 Å². The highest BCUT2D eigenvalue weighted by molar-refractivity contribution is 5.85. The molecule has 3 rings (SSSR count). The molecule has 0 spiro atoms. The Morgan fingerprint density at radius 1 is 1.09 bits per heavy atom. The van der Waals surface area contributed by atoms with Crippen LogP contribution in [0.5, 0.6) is 0 Å². The van der Waals surface area contributed by atoms with Crippen LogP contribution in [0.25, 0.3) is 11.3 Å². The second kappa shape index (κ2) is 8.93. The topological polar surface area (TPSA) is 44.0 Å². The van der Waals surface area contributed by atoms with Gasteiger partial charge in [0.25, 0.3) is 0 Å². The average Bonchev–Trinajstić information content (AvgIpc) is 3.02. The molecule has 4 nitrogen and oxygen atoms in total. The first kappa shape index (κ1) is 17.0. The maximum absolute atomic E-state index is 4.19. The molecule has 0 atom stereocenters. The van der Waals surface area contributed by atoms with E-state index in [2.05, 4.69) is 44.7 Å². The monoisotopic (exact) mass is 320 g/mol. The van der Waals surface area contributed by atoms with Crippen LogP contribution in [-0.2, 0) is 6.54 Å². The number of likely N-dealkylation sites (tertiary alicyclic amines) is 1. The highest BCUT2D eigenvalue weighted by Gasteiger charge is 2.10. The van der Waals surface area contributed by atoms with Gasteiger partial charge >= 0.3 is 0 Å². The molecule has 1 fully saturated rings. The standard InChI is InChI=1S/C17H24N4.ClH/c1-3-7-15(8-4-1)17-16(14-19-20-17)13-18-9-12-21-10-5-2-6-11-21;/h1,3-4,7-8,14,18H,2,5-6,9-13H2,(H,19,20);1H. The molecule has 1 aliphatic rings. The third kappa shape index (κ3) is 4.57. The van der Waals surface area contributed by atoms with Gasteiger partial charge < -0.3 is 10.2 Å². The van der Waals surface area contributed by atoms with E-state index in [-0.39, 0.29) is 12.4 Å². The quantitative estimate of drug-likeness (QED) is 0.804. The summed E-state index contributed by atoms with van der Waals surface area (Å²) in [5.74, 6) is 0. The molecule has 0 unspecified atom stereocenters. The molecule has 0 amide bonds. The molecule has 2 aromatic rings. The Labute approximate surface area is 138 Å². The molecule has 2 N–H and O–H groups in total. The Bertz CT molecular complexity index is 535. The number of nitrogens with one attached hydrogen (secondary N) is 2. The lowest BCUT2D eigenvalue weighted by atomic mass is 10.1. The molecular weight excluding hydrogens is 296 g/mol. The number of piperidine rings is 1. The summed E-state index contributed by atoms with van der Waals surface area (Å²) in [6, 6.07) is 10.4. The lowest BCUT2D eigenvalue weighted by Crippen LogP contribution is -2.35.